The minimum Gasteiger partial charge on any atom is -0.353 e. The molecule has 2 aromatic rings. The number of rotatable bonds is 5. The van der Waals surface area contributed by atoms with Crippen molar-refractivity contribution in [2.75, 3.05) is 17.7 Å². The van der Waals surface area contributed by atoms with Gasteiger partial charge in [-0.25, -0.2) is 18.4 Å². The topological polar surface area (TPSA) is 63.2 Å². The Bertz CT molecular complexity index is 871. The van der Waals surface area contributed by atoms with Crippen molar-refractivity contribution >= 4 is 26.6 Å². The molecule has 1 aromatic carbocycles. The summed E-state index contributed by atoms with van der Waals surface area (Å²) in [6.07, 6.45) is 11.8. The Morgan fingerprint density at radius 3 is 2.52 bits per heavy atom. The van der Waals surface area contributed by atoms with Gasteiger partial charge in [0.15, 0.2) is 9.84 Å². The minimum atomic E-state index is -3.24. The Morgan fingerprint density at radius 1 is 1.08 bits per heavy atom. The van der Waals surface area contributed by atoms with Crippen LogP contribution in [0.25, 0.3) is 10.9 Å². The van der Waals surface area contributed by atoms with E-state index in [1.54, 1.807) is 24.5 Å². The third-order valence-corrected chi connectivity index (χ3v) is 6.56. The molecule has 134 valence electrons. The number of hydrogen-bond acceptors (Lipinski definition) is 5. The third kappa shape index (κ3) is 3.64. The predicted molar refractivity (Wildman–Crippen MR) is 99.6 cm³/mol. The largest absolute Gasteiger partial charge is 0.353 e. The molecule has 4 rings (SSSR count). The number of nitrogens with zero attached hydrogens (tertiary/aromatic N) is 3. The number of anilines is 1. The SMILES string of the molecule is CS(=O)(=O)c1ccc2ncnc(N(CC3CCCCC3)C3CC3)c2c1. The van der Waals surface area contributed by atoms with E-state index in [0.29, 0.717) is 10.9 Å². The molecule has 2 saturated carbocycles. The van der Waals surface area contributed by atoms with Crippen LogP contribution in [-0.4, -0.2) is 37.2 Å². The van der Waals surface area contributed by atoms with Crippen LogP contribution < -0.4 is 4.90 Å². The highest BCUT2D eigenvalue weighted by Gasteiger charge is 2.33. The molecule has 0 radical (unpaired) electrons. The lowest BCUT2D eigenvalue weighted by Gasteiger charge is -2.31. The van der Waals surface area contributed by atoms with Gasteiger partial charge in [-0.15, -0.1) is 0 Å². The maximum Gasteiger partial charge on any atom is 0.175 e. The van der Waals surface area contributed by atoms with E-state index in [1.807, 2.05) is 0 Å². The first-order chi connectivity index (χ1) is 12.0. The molecule has 2 fully saturated rings. The summed E-state index contributed by atoms with van der Waals surface area (Å²) in [5, 5.41) is 0.855. The molecule has 5 nitrogen and oxygen atoms in total. The van der Waals surface area contributed by atoms with E-state index in [-0.39, 0.29) is 0 Å². The van der Waals surface area contributed by atoms with Gasteiger partial charge in [0.2, 0.25) is 0 Å². The molecule has 1 aromatic heterocycles. The quantitative estimate of drug-likeness (QED) is 0.816. The van der Waals surface area contributed by atoms with Gasteiger partial charge in [-0.05, 0) is 49.8 Å². The maximum absolute atomic E-state index is 12.0. The fourth-order valence-corrected chi connectivity index (χ4v) is 4.57. The number of hydrogen-bond donors (Lipinski definition) is 0. The normalized spacial score (nSPS) is 19.2. The Kier molecular flexibility index (Phi) is 4.40. The Labute approximate surface area is 149 Å². The van der Waals surface area contributed by atoms with Crippen molar-refractivity contribution in [2.45, 2.75) is 55.9 Å². The molecule has 0 spiro atoms. The molecule has 0 saturated heterocycles. The molecule has 1 heterocycles. The van der Waals surface area contributed by atoms with E-state index < -0.39 is 9.84 Å². The number of aromatic nitrogens is 2. The zero-order valence-electron chi connectivity index (χ0n) is 14.7. The average molecular weight is 359 g/mol. The molecule has 0 aliphatic heterocycles. The zero-order valence-corrected chi connectivity index (χ0v) is 15.5. The van der Waals surface area contributed by atoms with Crippen LogP contribution in [0.5, 0.6) is 0 Å². The van der Waals surface area contributed by atoms with Crippen LogP contribution in [-0.2, 0) is 9.84 Å². The van der Waals surface area contributed by atoms with Crippen LogP contribution in [0.4, 0.5) is 5.82 Å². The van der Waals surface area contributed by atoms with E-state index in [0.717, 1.165) is 29.2 Å². The van der Waals surface area contributed by atoms with Gasteiger partial charge in [0.25, 0.3) is 0 Å². The molecule has 2 aliphatic rings. The van der Waals surface area contributed by atoms with Crippen molar-refractivity contribution in [3.05, 3.63) is 24.5 Å². The van der Waals surface area contributed by atoms with Crippen molar-refractivity contribution in [3.63, 3.8) is 0 Å². The molecule has 0 amide bonds. The summed E-state index contributed by atoms with van der Waals surface area (Å²) in [6.45, 7) is 1.03. The van der Waals surface area contributed by atoms with Crippen molar-refractivity contribution in [2.24, 2.45) is 5.92 Å². The van der Waals surface area contributed by atoms with Crippen LogP contribution in [0.15, 0.2) is 29.4 Å². The Morgan fingerprint density at radius 2 is 1.84 bits per heavy atom. The van der Waals surface area contributed by atoms with Crippen molar-refractivity contribution in [3.8, 4) is 0 Å². The Balaban J connectivity index is 1.74. The van der Waals surface area contributed by atoms with Crippen LogP contribution in [0, 0.1) is 5.92 Å². The second-order valence-corrected chi connectivity index (χ2v) is 9.55. The van der Waals surface area contributed by atoms with Crippen LogP contribution in [0.3, 0.4) is 0 Å². The predicted octanol–water partition coefficient (Wildman–Crippen LogP) is 3.58. The standard InChI is InChI=1S/C19H25N3O2S/c1-25(23,24)16-9-10-18-17(11-16)19(21-13-20-18)22(15-7-8-15)12-14-5-3-2-4-6-14/h9-11,13-15H,2-8,12H2,1H3. The second kappa shape index (κ2) is 6.56. The van der Waals surface area contributed by atoms with Gasteiger partial charge in [-0.3, -0.25) is 0 Å². The first kappa shape index (κ1) is 16.8. The van der Waals surface area contributed by atoms with Gasteiger partial charge in [0.05, 0.1) is 10.4 Å². The summed E-state index contributed by atoms with van der Waals surface area (Å²) in [7, 11) is -3.24. The van der Waals surface area contributed by atoms with Gasteiger partial charge in [-0.2, -0.15) is 0 Å². The third-order valence-electron chi connectivity index (χ3n) is 5.45. The first-order valence-corrected chi connectivity index (χ1v) is 11.1. The number of sulfone groups is 1. The summed E-state index contributed by atoms with van der Waals surface area (Å²) in [5.41, 5.74) is 0.812. The lowest BCUT2D eigenvalue weighted by Crippen LogP contribution is -2.33. The summed E-state index contributed by atoms with van der Waals surface area (Å²) >= 11 is 0. The van der Waals surface area contributed by atoms with Gasteiger partial charge in [0, 0.05) is 24.2 Å². The molecule has 2 aliphatic carbocycles. The van der Waals surface area contributed by atoms with Gasteiger partial charge < -0.3 is 4.90 Å². The lowest BCUT2D eigenvalue weighted by atomic mass is 9.89. The molecule has 0 N–H and O–H groups in total. The van der Waals surface area contributed by atoms with E-state index >= 15 is 0 Å². The van der Waals surface area contributed by atoms with Crippen LogP contribution in [0.2, 0.25) is 0 Å². The monoisotopic (exact) mass is 359 g/mol. The maximum atomic E-state index is 12.0. The van der Waals surface area contributed by atoms with Crippen molar-refractivity contribution in [1.29, 1.82) is 0 Å². The summed E-state index contributed by atoms with van der Waals surface area (Å²) in [4.78, 5) is 11.7. The van der Waals surface area contributed by atoms with Gasteiger partial charge >= 0.3 is 0 Å². The van der Waals surface area contributed by atoms with E-state index in [2.05, 4.69) is 14.9 Å². The fourth-order valence-electron chi connectivity index (χ4n) is 3.92. The Hall–Kier alpha value is -1.69. The summed E-state index contributed by atoms with van der Waals surface area (Å²) in [6, 6.07) is 5.72. The molecule has 0 atom stereocenters. The van der Waals surface area contributed by atoms with Gasteiger partial charge in [-0.1, -0.05) is 19.3 Å². The number of benzene rings is 1. The zero-order chi connectivity index (χ0) is 17.4. The summed E-state index contributed by atoms with van der Waals surface area (Å²) < 4.78 is 23.9. The second-order valence-electron chi connectivity index (χ2n) is 7.54. The smallest absolute Gasteiger partial charge is 0.175 e. The van der Waals surface area contributed by atoms with Gasteiger partial charge in [0.1, 0.15) is 12.1 Å². The summed E-state index contributed by atoms with van der Waals surface area (Å²) in [5.74, 6) is 1.63. The molecule has 0 bridgehead atoms. The first-order valence-electron chi connectivity index (χ1n) is 9.24. The van der Waals surface area contributed by atoms with E-state index in [4.69, 9.17) is 0 Å². The van der Waals surface area contributed by atoms with Crippen LogP contribution >= 0.6 is 0 Å². The van der Waals surface area contributed by atoms with E-state index in [1.165, 1.54) is 51.2 Å². The van der Waals surface area contributed by atoms with E-state index in [9.17, 15) is 8.42 Å². The highest BCUT2D eigenvalue weighted by atomic mass is 32.2. The fraction of sp³-hybridized carbons (Fsp3) is 0.579. The molecule has 6 heteroatoms. The molecular weight excluding hydrogens is 334 g/mol. The minimum absolute atomic E-state index is 0.337. The average Bonchev–Trinajstić information content (AvgIpc) is 3.44. The highest BCUT2D eigenvalue weighted by Crippen LogP contribution is 2.37. The van der Waals surface area contributed by atoms with Crippen molar-refractivity contribution < 1.29 is 8.42 Å². The van der Waals surface area contributed by atoms with Crippen molar-refractivity contribution in [1.82, 2.24) is 9.97 Å². The molecular formula is C19H25N3O2S. The van der Waals surface area contributed by atoms with Crippen LogP contribution in [0.1, 0.15) is 44.9 Å². The molecule has 0 unspecified atom stereocenters. The highest BCUT2D eigenvalue weighted by molar-refractivity contribution is 7.90. The number of fused-ring (bicyclic) bond motifs is 1. The lowest BCUT2D eigenvalue weighted by molar-refractivity contribution is 0.357. The molecule has 25 heavy (non-hydrogen) atoms.